The van der Waals surface area contributed by atoms with Gasteiger partial charge in [0.1, 0.15) is 6.54 Å². The van der Waals surface area contributed by atoms with Crippen LogP contribution in [0.3, 0.4) is 0 Å². The van der Waals surface area contributed by atoms with Crippen LogP contribution in [0.4, 0.5) is 5.69 Å². The van der Waals surface area contributed by atoms with E-state index in [9.17, 15) is 14.4 Å². The standard InChI is InChI=1S/C21H24N2O4/c1-3-15(2)17-11-7-8-12-18(17)23-19(24)14-27-20(25)13-22-21(26)16-9-5-4-6-10-16/h4-12,15H,3,13-14H2,1-2H3,(H,22,26)(H,23,24)/t15-/m0/s1. The molecule has 1 atom stereocenters. The summed E-state index contributed by atoms with van der Waals surface area (Å²) in [6.07, 6.45) is 0.947. The zero-order chi connectivity index (χ0) is 19.6. The van der Waals surface area contributed by atoms with Crippen LogP contribution in [0.5, 0.6) is 0 Å². The van der Waals surface area contributed by atoms with Crippen LogP contribution in [-0.2, 0) is 14.3 Å². The quantitative estimate of drug-likeness (QED) is 0.701. The minimum atomic E-state index is -0.676. The smallest absolute Gasteiger partial charge is 0.325 e. The third-order valence-electron chi connectivity index (χ3n) is 4.17. The first-order valence-electron chi connectivity index (χ1n) is 8.89. The molecular weight excluding hydrogens is 344 g/mol. The van der Waals surface area contributed by atoms with E-state index in [2.05, 4.69) is 24.5 Å². The van der Waals surface area contributed by atoms with Gasteiger partial charge in [-0.1, -0.05) is 50.2 Å². The van der Waals surface area contributed by atoms with Crippen molar-refractivity contribution < 1.29 is 19.1 Å². The van der Waals surface area contributed by atoms with E-state index in [1.807, 2.05) is 24.3 Å². The van der Waals surface area contributed by atoms with Gasteiger partial charge in [0.15, 0.2) is 6.61 Å². The van der Waals surface area contributed by atoms with E-state index in [1.54, 1.807) is 30.3 Å². The fourth-order valence-corrected chi connectivity index (χ4v) is 2.49. The van der Waals surface area contributed by atoms with Gasteiger partial charge in [-0.15, -0.1) is 0 Å². The summed E-state index contributed by atoms with van der Waals surface area (Å²) in [5, 5.41) is 5.23. The molecule has 6 heteroatoms. The topological polar surface area (TPSA) is 84.5 Å². The molecule has 0 heterocycles. The van der Waals surface area contributed by atoms with Crippen molar-refractivity contribution in [2.24, 2.45) is 0 Å². The Morgan fingerprint density at radius 3 is 2.37 bits per heavy atom. The van der Waals surface area contributed by atoms with Gasteiger partial charge >= 0.3 is 5.97 Å². The van der Waals surface area contributed by atoms with Crippen LogP contribution in [-0.4, -0.2) is 30.9 Å². The average molecular weight is 368 g/mol. The van der Waals surface area contributed by atoms with Crippen molar-refractivity contribution in [2.75, 3.05) is 18.5 Å². The van der Waals surface area contributed by atoms with Crippen LogP contribution in [0.1, 0.15) is 42.1 Å². The van der Waals surface area contributed by atoms with Crippen molar-refractivity contribution >= 4 is 23.5 Å². The molecule has 27 heavy (non-hydrogen) atoms. The summed E-state index contributed by atoms with van der Waals surface area (Å²) < 4.78 is 4.92. The number of ether oxygens (including phenoxy) is 1. The number of rotatable bonds is 8. The molecule has 0 fully saturated rings. The maximum Gasteiger partial charge on any atom is 0.325 e. The number of anilines is 1. The van der Waals surface area contributed by atoms with Crippen LogP contribution in [0.15, 0.2) is 54.6 Å². The molecule has 6 nitrogen and oxygen atoms in total. The van der Waals surface area contributed by atoms with E-state index in [1.165, 1.54) is 0 Å². The highest BCUT2D eigenvalue weighted by molar-refractivity contribution is 5.96. The Bertz CT molecular complexity index is 790. The zero-order valence-corrected chi connectivity index (χ0v) is 15.5. The molecule has 2 rings (SSSR count). The molecule has 2 amide bonds. The highest BCUT2D eigenvalue weighted by Crippen LogP contribution is 2.26. The molecular formula is C21H24N2O4. The second-order valence-electron chi connectivity index (χ2n) is 6.15. The van der Waals surface area contributed by atoms with E-state index < -0.39 is 18.5 Å². The van der Waals surface area contributed by atoms with Crippen molar-refractivity contribution in [3.05, 3.63) is 65.7 Å². The maximum absolute atomic E-state index is 12.1. The first-order chi connectivity index (χ1) is 13.0. The highest BCUT2D eigenvalue weighted by atomic mass is 16.5. The van der Waals surface area contributed by atoms with Gasteiger partial charge in [-0.2, -0.15) is 0 Å². The third kappa shape index (κ3) is 6.26. The number of carbonyl (C=O) groups excluding carboxylic acids is 3. The lowest BCUT2D eigenvalue weighted by molar-refractivity contribution is -0.146. The second-order valence-corrected chi connectivity index (χ2v) is 6.15. The Kier molecular flexibility index (Phi) is 7.55. The van der Waals surface area contributed by atoms with E-state index in [0.717, 1.165) is 12.0 Å². The first kappa shape index (κ1) is 20.2. The summed E-state index contributed by atoms with van der Waals surface area (Å²) in [6, 6.07) is 16.1. The molecule has 0 aromatic heterocycles. The Hall–Kier alpha value is -3.15. The van der Waals surface area contributed by atoms with Crippen molar-refractivity contribution in [3.8, 4) is 0 Å². The van der Waals surface area contributed by atoms with Gasteiger partial charge in [-0.3, -0.25) is 14.4 Å². The Balaban J connectivity index is 1.79. The van der Waals surface area contributed by atoms with Crippen LogP contribution in [0, 0.1) is 0 Å². The zero-order valence-electron chi connectivity index (χ0n) is 15.5. The highest BCUT2D eigenvalue weighted by Gasteiger charge is 2.13. The van der Waals surface area contributed by atoms with Gasteiger partial charge in [-0.05, 0) is 36.1 Å². The van der Waals surface area contributed by atoms with E-state index in [-0.39, 0.29) is 12.5 Å². The summed E-state index contributed by atoms with van der Waals surface area (Å²) >= 11 is 0. The summed E-state index contributed by atoms with van der Waals surface area (Å²) in [5.41, 5.74) is 2.20. The Morgan fingerprint density at radius 2 is 1.67 bits per heavy atom. The van der Waals surface area contributed by atoms with Gasteiger partial charge in [0.2, 0.25) is 0 Å². The van der Waals surface area contributed by atoms with Crippen LogP contribution < -0.4 is 10.6 Å². The minimum Gasteiger partial charge on any atom is -0.454 e. The third-order valence-corrected chi connectivity index (χ3v) is 4.17. The number of nitrogens with one attached hydrogen (secondary N) is 2. The van der Waals surface area contributed by atoms with E-state index in [0.29, 0.717) is 17.2 Å². The molecule has 0 spiro atoms. The lowest BCUT2D eigenvalue weighted by Gasteiger charge is -2.15. The minimum absolute atomic E-state index is 0.301. The van der Waals surface area contributed by atoms with Crippen LogP contribution >= 0.6 is 0 Å². The predicted octanol–water partition coefficient (Wildman–Crippen LogP) is 3.11. The molecule has 0 aliphatic carbocycles. The second kappa shape index (κ2) is 10.1. The number of hydrogen-bond acceptors (Lipinski definition) is 4. The summed E-state index contributed by atoms with van der Waals surface area (Å²) in [7, 11) is 0. The van der Waals surface area contributed by atoms with Crippen molar-refractivity contribution in [3.63, 3.8) is 0 Å². The summed E-state index contributed by atoms with van der Waals surface area (Å²) in [6.45, 7) is 3.45. The molecule has 0 aliphatic rings. The van der Waals surface area contributed by atoms with E-state index >= 15 is 0 Å². The van der Waals surface area contributed by atoms with Crippen molar-refractivity contribution in [1.29, 1.82) is 0 Å². The van der Waals surface area contributed by atoms with Crippen LogP contribution in [0.2, 0.25) is 0 Å². The molecule has 0 unspecified atom stereocenters. The lowest BCUT2D eigenvalue weighted by atomic mass is 9.97. The molecule has 0 bridgehead atoms. The normalized spacial score (nSPS) is 11.3. The Labute approximate surface area is 158 Å². The lowest BCUT2D eigenvalue weighted by Crippen LogP contribution is -2.32. The van der Waals surface area contributed by atoms with Gasteiger partial charge in [-0.25, -0.2) is 0 Å². The maximum atomic E-state index is 12.1. The van der Waals surface area contributed by atoms with Gasteiger partial charge < -0.3 is 15.4 Å². The number of hydrogen-bond donors (Lipinski definition) is 2. The van der Waals surface area contributed by atoms with Gasteiger partial charge in [0.25, 0.3) is 11.8 Å². The fraction of sp³-hybridized carbons (Fsp3) is 0.286. The SMILES string of the molecule is CC[C@H](C)c1ccccc1NC(=O)COC(=O)CNC(=O)c1ccccc1. The van der Waals surface area contributed by atoms with Crippen molar-refractivity contribution in [1.82, 2.24) is 5.32 Å². The molecule has 0 radical (unpaired) electrons. The van der Waals surface area contributed by atoms with Gasteiger partial charge in [0, 0.05) is 11.3 Å². The Morgan fingerprint density at radius 1 is 1.00 bits per heavy atom. The first-order valence-corrected chi connectivity index (χ1v) is 8.89. The largest absolute Gasteiger partial charge is 0.454 e. The summed E-state index contributed by atoms with van der Waals surface area (Å²) in [5.74, 6) is -1.17. The summed E-state index contributed by atoms with van der Waals surface area (Å²) in [4.78, 5) is 35.7. The number of esters is 1. The number of carbonyl (C=O) groups is 3. The monoisotopic (exact) mass is 368 g/mol. The van der Waals surface area contributed by atoms with Crippen molar-refractivity contribution in [2.45, 2.75) is 26.2 Å². The van der Waals surface area contributed by atoms with E-state index in [4.69, 9.17) is 4.74 Å². The molecule has 0 saturated carbocycles. The van der Waals surface area contributed by atoms with Crippen LogP contribution in [0.25, 0.3) is 0 Å². The molecule has 2 aromatic carbocycles. The molecule has 0 saturated heterocycles. The average Bonchev–Trinajstić information content (AvgIpc) is 2.71. The molecule has 2 aromatic rings. The molecule has 2 N–H and O–H groups in total. The molecule has 0 aliphatic heterocycles. The fourth-order valence-electron chi connectivity index (χ4n) is 2.49. The molecule has 142 valence electrons. The number of benzene rings is 2. The number of para-hydroxylation sites is 1. The number of amides is 2. The predicted molar refractivity (Wildman–Crippen MR) is 104 cm³/mol. The van der Waals surface area contributed by atoms with Gasteiger partial charge in [0.05, 0.1) is 0 Å².